The Morgan fingerprint density at radius 3 is 2.59 bits per heavy atom. The van der Waals surface area contributed by atoms with Crippen molar-refractivity contribution in [3.8, 4) is 0 Å². The summed E-state index contributed by atoms with van der Waals surface area (Å²) in [4.78, 5) is 31.6. The number of benzene rings is 1. The van der Waals surface area contributed by atoms with Gasteiger partial charge in [0.2, 0.25) is 11.7 Å². The van der Waals surface area contributed by atoms with Gasteiger partial charge in [-0.1, -0.05) is 11.6 Å². The molecule has 1 aromatic carbocycles. The third-order valence-corrected chi connectivity index (χ3v) is 2.18. The van der Waals surface area contributed by atoms with E-state index in [9.17, 15) is 19.7 Å². The van der Waals surface area contributed by atoms with E-state index in [4.69, 9.17) is 11.6 Å². The van der Waals surface area contributed by atoms with Crippen LogP contribution in [0.2, 0.25) is 5.02 Å². The normalized spacial score (nSPS) is 9.76. The fourth-order valence-electron chi connectivity index (χ4n) is 1.22. The number of Topliss-reactive ketones (excluding diaryl/α,β-unsaturated/α-hetero) is 1. The lowest BCUT2D eigenvalue weighted by Gasteiger charge is -2.05. The number of carbonyl (C=O) groups excluding carboxylic acids is 2. The summed E-state index contributed by atoms with van der Waals surface area (Å²) in [6.07, 6.45) is 0. The summed E-state index contributed by atoms with van der Waals surface area (Å²) < 4.78 is 0. The minimum Gasteiger partial charge on any atom is -0.326 e. The average molecular weight is 257 g/mol. The van der Waals surface area contributed by atoms with Crippen LogP contribution in [-0.4, -0.2) is 23.2 Å². The molecule has 1 rings (SSSR count). The Bertz CT molecular complexity index is 487. The van der Waals surface area contributed by atoms with Crippen molar-refractivity contribution in [2.45, 2.75) is 6.92 Å². The number of carbonyl (C=O) groups is 2. The number of nitrogens with zero attached hydrogens (tertiary/aromatic N) is 1. The van der Waals surface area contributed by atoms with Crippen molar-refractivity contribution in [1.82, 2.24) is 0 Å². The van der Waals surface area contributed by atoms with Crippen LogP contribution in [0.3, 0.4) is 0 Å². The average Bonchev–Trinajstić information content (AvgIpc) is 2.14. The highest BCUT2D eigenvalue weighted by molar-refractivity contribution is 6.34. The molecule has 7 heteroatoms. The number of hydrogen-bond acceptors (Lipinski definition) is 4. The van der Waals surface area contributed by atoms with Gasteiger partial charge in [0.15, 0.2) is 0 Å². The van der Waals surface area contributed by atoms with Gasteiger partial charge >= 0.3 is 0 Å². The van der Waals surface area contributed by atoms with Crippen molar-refractivity contribution in [3.63, 3.8) is 0 Å². The number of halogens is 1. The first-order valence-electron chi connectivity index (χ1n) is 4.62. The number of rotatable bonds is 4. The number of hydrogen-bond donors (Lipinski definition) is 1. The maximum Gasteiger partial charge on any atom is 0.265 e. The quantitative estimate of drug-likeness (QED) is 0.505. The highest BCUT2D eigenvalue weighted by Crippen LogP contribution is 2.21. The highest BCUT2D eigenvalue weighted by Gasteiger charge is 2.16. The third-order valence-electron chi connectivity index (χ3n) is 1.86. The zero-order valence-corrected chi connectivity index (χ0v) is 9.65. The Morgan fingerprint density at radius 1 is 1.47 bits per heavy atom. The van der Waals surface area contributed by atoms with Crippen LogP contribution >= 0.6 is 11.6 Å². The molecule has 0 heterocycles. The molecule has 0 aliphatic heterocycles. The smallest absolute Gasteiger partial charge is 0.265 e. The van der Waals surface area contributed by atoms with E-state index in [-0.39, 0.29) is 16.5 Å². The van der Waals surface area contributed by atoms with Gasteiger partial charge in [-0.15, -0.1) is 0 Å². The molecule has 0 unspecified atom stereocenters. The van der Waals surface area contributed by atoms with Crippen molar-refractivity contribution in [1.29, 1.82) is 0 Å². The first-order chi connectivity index (χ1) is 7.90. The van der Waals surface area contributed by atoms with Crippen LogP contribution in [0.4, 0.5) is 5.69 Å². The molecule has 1 N–H and O–H groups in total. The van der Waals surface area contributed by atoms with Crippen molar-refractivity contribution in [2.24, 2.45) is 0 Å². The van der Waals surface area contributed by atoms with Gasteiger partial charge in [0.05, 0.1) is 5.02 Å². The molecule has 0 bridgehead atoms. The van der Waals surface area contributed by atoms with Gasteiger partial charge < -0.3 is 5.32 Å². The topological polar surface area (TPSA) is 89.3 Å². The van der Waals surface area contributed by atoms with Gasteiger partial charge in [0, 0.05) is 23.1 Å². The molecule has 1 amide bonds. The standard InChI is InChI=1S/C10H9ClN2O4/c1-6(14)12-7-2-3-8(9(11)4-7)10(15)5-13(16)17/h2-4H,5H2,1H3,(H,12,14). The largest absolute Gasteiger partial charge is 0.326 e. The molecule has 0 spiro atoms. The zero-order valence-electron chi connectivity index (χ0n) is 8.90. The molecule has 0 aromatic heterocycles. The molecule has 0 aliphatic rings. The first-order valence-corrected chi connectivity index (χ1v) is 5.00. The van der Waals surface area contributed by atoms with Crippen LogP contribution in [0.5, 0.6) is 0 Å². The summed E-state index contributed by atoms with van der Waals surface area (Å²) in [7, 11) is 0. The van der Waals surface area contributed by atoms with E-state index < -0.39 is 17.3 Å². The number of ketones is 1. The fourth-order valence-corrected chi connectivity index (χ4v) is 1.51. The van der Waals surface area contributed by atoms with E-state index in [1.807, 2.05) is 0 Å². The molecule has 17 heavy (non-hydrogen) atoms. The number of amides is 1. The molecule has 0 aliphatic carbocycles. The molecular formula is C10H9ClN2O4. The monoisotopic (exact) mass is 256 g/mol. The summed E-state index contributed by atoms with van der Waals surface area (Å²) >= 11 is 5.80. The van der Waals surface area contributed by atoms with E-state index in [1.165, 1.54) is 25.1 Å². The first kappa shape index (κ1) is 13.1. The van der Waals surface area contributed by atoms with Crippen molar-refractivity contribution < 1.29 is 14.5 Å². The Morgan fingerprint density at radius 2 is 2.12 bits per heavy atom. The van der Waals surface area contributed by atoms with Gasteiger partial charge in [-0.05, 0) is 18.2 Å². The fraction of sp³-hybridized carbons (Fsp3) is 0.200. The summed E-state index contributed by atoms with van der Waals surface area (Å²) in [5.74, 6) is -0.945. The summed E-state index contributed by atoms with van der Waals surface area (Å²) in [5, 5.41) is 12.7. The second kappa shape index (κ2) is 5.40. The molecule has 0 saturated carbocycles. The summed E-state index contributed by atoms with van der Waals surface area (Å²) in [6.45, 7) is 0.527. The van der Waals surface area contributed by atoms with Crippen LogP contribution in [0.1, 0.15) is 17.3 Å². The van der Waals surface area contributed by atoms with Crippen LogP contribution in [0, 0.1) is 10.1 Å². The Labute approximate surface area is 102 Å². The molecule has 0 atom stereocenters. The molecule has 0 saturated heterocycles. The van der Waals surface area contributed by atoms with Gasteiger partial charge in [-0.2, -0.15) is 0 Å². The van der Waals surface area contributed by atoms with Gasteiger partial charge in [0.25, 0.3) is 6.54 Å². The van der Waals surface area contributed by atoms with E-state index >= 15 is 0 Å². The second-order valence-corrected chi connectivity index (χ2v) is 3.70. The Balaban J connectivity index is 2.93. The third kappa shape index (κ3) is 3.84. The molecule has 1 aromatic rings. The van der Waals surface area contributed by atoms with Crippen molar-refractivity contribution in [2.75, 3.05) is 11.9 Å². The predicted octanol–water partition coefficient (Wildman–Crippen LogP) is 1.76. The predicted molar refractivity (Wildman–Crippen MR) is 61.9 cm³/mol. The van der Waals surface area contributed by atoms with E-state index in [1.54, 1.807) is 0 Å². The maximum atomic E-state index is 11.4. The minimum absolute atomic E-state index is 0.0671. The van der Waals surface area contributed by atoms with Crippen molar-refractivity contribution >= 4 is 29.0 Å². The number of anilines is 1. The summed E-state index contributed by atoms with van der Waals surface area (Å²) in [5.41, 5.74) is 0.498. The minimum atomic E-state index is -0.806. The highest BCUT2D eigenvalue weighted by atomic mass is 35.5. The van der Waals surface area contributed by atoms with E-state index in [0.29, 0.717) is 5.69 Å². The van der Waals surface area contributed by atoms with Crippen LogP contribution in [0.15, 0.2) is 18.2 Å². The molecule has 90 valence electrons. The van der Waals surface area contributed by atoms with Gasteiger partial charge in [0.1, 0.15) is 0 Å². The zero-order chi connectivity index (χ0) is 13.0. The lowest BCUT2D eigenvalue weighted by molar-refractivity contribution is -0.465. The van der Waals surface area contributed by atoms with Crippen LogP contribution in [-0.2, 0) is 4.79 Å². The number of nitro groups is 1. The van der Waals surface area contributed by atoms with E-state index in [0.717, 1.165) is 0 Å². The molecule has 6 nitrogen and oxygen atoms in total. The lowest BCUT2D eigenvalue weighted by atomic mass is 10.1. The number of nitrogens with one attached hydrogen (secondary N) is 1. The maximum absolute atomic E-state index is 11.4. The molecular weight excluding hydrogens is 248 g/mol. The molecule has 0 fully saturated rings. The van der Waals surface area contributed by atoms with Gasteiger partial charge in [-0.25, -0.2) is 0 Å². The lowest BCUT2D eigenvalue weighted by Crippen LogP contribution is -2.14. The van der Waals surface area contributed by atoms with Crippen molar-refractivity contribution in [3.05, 3.63) is 38.9 Å². The van der Waals surface area contributed by atoms with E-state index in [2.05, 4.69) is 5.32 Å². The Hall–Kier alpha value is -1.95. The summed E-state index contributed by atoms with van der Waals surface area (Å²) in [6, 6.07) is 4.18. The Kier molecular flexibility index (Phi) is 4.17. The second-order valence-electron chi connectivity index (χ2n) is 3.29. The van der Waals surface area contributed by atoms with Crippen LogP contribution in [0.25, 0.3) is 0 Å². The van der Waals surface area contributed by atoms with Crippen LogP contribution < -0.4 is 5.32 Å². The molecule has 0 radical (unpaired) electrons. The SMILES string of the molecule is CC(=O)Nc1ccc(C(=O)C[N+](=O)[O-])c(Cl)c1. The van der Waals surface area contributed by atoms with Gasteiger partial charge in [-0.3, -0.25) is 19.7 Å².